The van der Waals surface area contributed by atoms with Crippen LogP contribution in [0.4, 0.5) is 5.69 Å². The van der Waals surface area contributed by atoms with Gasteiger partial charge in [0.05, 0.1) is 17.3 Å². The molecule has 3 aromatic rings. The highest BCUT2D eigenvalue weighted by Gasteiger charge is 2.52. The summed E-state index contributed by atoms with van der Waals surface area (Å²) in [5, 5.41) is 11.7. The Bertz CT molecular complexity index is 1290. The van der Waals surface area contributed by atoms with Crippen molar-refractivity contribution in [2.24, 2.45) is 0 Å². The summed E-state index contributed by atoms with van der Waals surface area (Å²) in [6.07, 6.45) is 5.65. The van der Waals surface area contributed by atoms with Crippen LogP contribution in [0, 0.1) is 0 Å². The lowest BCUT2D eigenvalue weighted by Crippen LogP contribution is -2.62. The number of benzene rings is 1. The monoisotopic (exact) mass is 492 g/mol. The average molecular weight is 493 g/mol. The van der Waals surface area contributed by atoms with Gasteiger partial charge in [-0.1, -0.05) is 18.2 Å². The molecule has 0 bridgehead atoms. The van der Waals surface area contributed by atoms with Crippen LogP contribution in [0.3, 0.4) is 0 Å². The molecule has 2 aliphatic rings. The van der Waals surface area contributed by atoms with Crippen molar-refractivity contribution < 1.29 is 14.4 Å². The number of aromatic nitrogens is 3. The fourth-order valence-corrected chi connectivity index (χ4v) is 5.59. The van der Waals surface area contributed by atoms with E-state index in [9.17, 15) is 14.4 Å². The number of hydrogen-bond acceptors (Lipinski definition) is 6. The van der Waals surface area contributed by atoms with Gasteiger partial charge in [-0.15, -0.1) is 10.2 Å². The van der Waals surface area contributed by atoms with Crippen molar-refractivity contribution in [3.8, 4) is 0 Å². The van der Waals surface area contributed by atoms with E-state index >= 15 is 0 Å². The predicted octanol–water partition coefficient (Wildman–Crippen LogP) is 3.03. The molecule has 1 N–H and O–H groups in total. The summed E-state index contributed by atoms with van der Waals surface area (Å²) in [5.74, 6) is 1.21. The highest BCUT2D eigenvalue weighted by molar-refractivity contribution is 7.98. The van der Waals surface area contributed by atoms with Gasteiger partial charge in [0.15, 0.2) is 11.5 Å². The molecule has 35 heavy (non-hydrogen) atoms. The van der Waals surface area contributed by atoms with Crippen LogP contribution in [0.5, 0.6) is 0 Å². The smallest absolute Gasteiger partial charge is 0.257 e. The van der Waals surface area contributed by atoms with E-state index in [1.54, 1.807) is 33.7 Å². The third-order valence-corrected chi connectivity index (χ3v) is 7.55. The third-order valence-electron chi connectivity index (χ3n) is 6.91. The minimum Gasteiger partial charge on any atom is -0.346 e. The van der Waals surface area contributed by atoms with Crippen LogP contribution in [0.1, 0.15) is 54.8 Å². The van der Waals surface area contributed by atoms with E-state index in [2.05, 4.69) is 15.5 Å². The van der Waals surface area contributed by atoms with Crippen LogP contribution >= 0.6 is 11.8 Å². The summed E-state index contributed by atoms with van der Waals surface area (Å²) in [5.41, 5.74) is 1.10. The molecular formula is C25H28N6O3S. The first-order valence-electron chi connectivity index (χ1n) is 11.8. The minimum absolute atomic E-state index is 0.00211. The zero-order chi connectivity index (χ0) is 24.6. The second-order valence-electron chi connectivity index (χ2n) is 9.06. The molecule has 2 aromatic heterocycles. The molecule has 182 valence electrons. The van der Waals surface area contributed by atoms with Crippen LogP contribution in [0.2, 0.25) is 0 Å². The molecule has 9 nitrogen and oxygen atoms in total. The Morgan fingerprint density at radius 2 is 1.97 bits per heavy atom. The van der Waals surface area contributed by atoms with E-state index < -0.39 is 5.66 Å². The first kappa shape index (κ1) is 23.3. The molecule has 2 unspecified atom stereocenters. The maximum atomic E-state index is 13.4. The van der Waals surface area contributed by atoms with E-state index in [4.69, 9.17) is 0 Å². The van der Waals surface area contributed by atoms with Crippen molar-refractivity contribution in [2.75, 3.05) is 23.5 Å². The number of hydrogen-bond donors (Lipinski definition) is 1. The van der Waals surface area contributed by atoms with Gasteiger partial charge in [-0.05, 0) is 56.0 Å². The minimum atomic E-state index is -0.774. The van der Waals surface area contributed by atoms with Crippen molar-refractivity contribution in [2.45, 2.75) is 44.3 Å². The third kappa shape index (κ3) is 4.05. The van der Waals surface area contributed by atoms with Gasteiger partial charge < -0.3 is 10.2 Å². The molecule has 2 atom stereocenters. The lowest BCUT2D eigenvalue weighted by molar-refractivity contribution is -0.122. The molecule has 0 spiro atoms. The molecule has 2 aliphatic heterocycles. The number of rotatable bonds is 8. The quantitative estimate of drug-likeness (QED) is 0.519. The summed E-state index contributed by atoms with van der Waals surface area (Å²) in [6, 6.07) is 12.6. The second-order valence-corrected chi connectivity index (χ2v) is 10.0. The van der Waals surface area contributed by atoms with Crippen LogP contribution in [0.25, 0.3) is 5.65 Å². The Morgan fingerprint density at radius 1 is 1.17 bits per heavy atom. The van der Waals surface area contributed by atoms with Gasteiger partial charge in [0.25, 0.3) is 5.91 Å². The standard InChI is InChI=1S/C25H28N6O3S/c1-25-13-10-22(33)31(25)19-8-4-3-7-17(19)24(34)30(25)15-11-21(32)26-18(12-16-35-2)23-28-27-20-9-5-6-14-29(20)23/h3-9,14,18H,10-13,15-16H2,1-2H3,(H,26,32). The van der Waals surface area contributed by atoms with E-state index in [0.717, 1.165) is 11.4 Å². The summed E-state index contributed by atoms with van der Waals surface area (Å²) < 4.78 is 1.89. The lowest BCUT2D eigenvalue weighted by Gasteiger charge is -2.48. The van der Waals surface area contributed by atoms with Crippen molar-refractivity contribution in [1.82, 2.24) is 24.8 Å². The van der Waals surface area contributed by atoms with Gasteiger partial charge in [0, 0.05) is 25.6 Å². The number of anilines is 1. The van der Waals surface area contributed by atoms with Gasteiger partial charge in [0.2, 0.25) is 11.8 Å². The van der Waals surface area contributed by atoms with Crippen molar-refractivity contribution >= 4 is 40.8 Å². The SMILES string of the molecule is CSCCC(NC(=O)CCN1C(=O)c2ccccc2N2C(=O)CCC12C)c1nnc2ccccn12. The number of para-hydroxylation sites is 1. The average Bonchev–Trinajstić information content (AvgIpc) is 3.42. The van der Waals surface area contributed by atoms with Crippen molar-refractivity contribution in [3.63, 3.8) is 0 Å². The number of fused-ring (bicyclic) bond motifs is 4. The Labute approximate surface area is 207 Å². The first-order valence-corrected chi connectivity index (χ1v) is 13.2. The van der Waals surface area contributed by atoms with Crippen LogP contribution in [-0.4, -0.2) is 61.4 Å². The molecule has 1 fully saturated rings. The Kier molecular flexibility index (Phi) is 6.22. The molecule has 0 radical (unpaired) electrons. The molecule has 5 rings (SSSR count). The Morgan fingerprint density at radius 3 is 2.80 bits per heavy atom. The summed E-state index contributed by atoms with van der Waals surface area (Å²) in [4.78, 5) is 42.7. The number of nitrogens with one attached hydrogen (secondary N) is 1. The topological polar surface area (TPSA) is 99.9 Å². The van der Waals surface area contributed by atoms with E-state index in [1.807, 2.05) is 54.1 Å². The van der Waals surface area contributed by atoms with Gasteiger partial charge in [-0.2, -0.15) is 11.8 Å². The highest BCUT2D eigenvalue weighted by Crippen LogP contribution is 2.44. The van der Waals surface area contributed by atoms with Crippen LogP contribution < -0.4 is 10.2 Å². The number of amides is 3. The van der Waals surface area contributed by atoms with Gasteiger partial charge in [-0.3, -0.25) is 23.7 Å². The molecular weight excluding hydrogens is 464 g/mol. The highest BCUT2D eigenvalue weighted by atomic mass is 32.2. The molecule has 1 aromatic carbocycles. The number of carbonyl (C=O) groups excluding carboxylic acids is 3. The molecule has 4 heterocycles. The van der Waals surface area contributed by atoms with Gasteiger partial charge in [0.1, 0.15) is 5.66 Å². The summed E-state index contributed by atoms with van der Waals surface area (Å²) in [6.45, 7) is 2.13. The Hall–Kier alpha value is -3.40. The molecule has 1 saturated heterocycles. The predicted molar refractivity (Wildman–Crippen MR) is 134 cm³/mol. The van der Waals surface area contributed by atoms with E-state index in [1.165, 1.54) is 0 Å². The summed E-state index contributed by atoms with van der Waals surface area (Å²) >= 11 is 1.70. The fourth-order valence-electron chi connectivity index (χ4n) is 5.12. The first-order chi connectivity index (χ1) is 16.9. The normalized spacial score (nSPS) is 20.2. The Balaban J connectivity index is 1.34. The number of carbonyl (C=O) groups is 3. The van der Waals surface area contributed by atoms with Crippen molar-refractivity contribution in [3.05, 3.63) is 60.0 Å². The van der Waals surface area contributed by atoms with Gasteiger partial charge >= 0.3 is 0 Å². The van der Waals surface area contributed by atoms with Gasteiger partial charge in [-0.25, -0.2) is 0 Å². The molecule has 3 amide bonds. The molecule has 10 heteroatoms. The fraction of sp³-hybridized carbons (Fsp3) is 0.400. The maximum absolute atomic E-state index is 13.4. The zero-order valence-corrected chi connectivity index (χ0v) is 20.6. The van der Waals surface area contributed by atoms with Crippen LogP contribution in [-0.2, 0) is 9.59 Å². The lowest BCUT2D eigenvalue weighted by atomic mass is 9.98. The maximum Gasteiger partial charge on any atom is 0.257 e. The van der Waals surface area contributed by atoms with Crippen molar-refractivity contribution in [1.29, 1.82) is 0 Å². The summed E-state index contributed by atoms with van der Waals surface area (Å²) in [7, 11) is 0. The number of nitrogens with zero attached hydrogens (tertiary/aromatic N) is 5. The van der Waals surface area contributed by atoms with E-state index in [-0.39, 0.29) is 36.7 Å². The second kappa shape index (κ2) is 9.33. The molecule has 0 saturated carbocycles. The number of pyridine rings is 1. The zero-order valence-electron chi connectivity index (χ0n) is 19.8. The molecule has 0 aliphatic carbocycles. The number of thioether (sulfide) groups is 1. The van der Waals surface area contributed by atoms with Crippen LogP contribution in [0.15, 0.2) is 48.7 Å². The van der Waals surface area contributed by atoms with E-state index in [0.29, 0.717) is 36.3 Å². The largest absolute Gasteiger partial charge is 0.346 e.